The van der Waals surface area contributed by atoms with Crippen LogP contribution in [-0.2, 0) is 0 Å². The third-order valence-electron chi connectivity index (χ3n) is 10.1. The van der Waals surface area contributed by atoms with Crippen molar-refractivity contribution in [2.75, 3.05) is 19.6 Å². The standard InChI is InChI=1S/C43H89N3O3/c1-4-7-10-13-16-19-22-25-28-31-34-40(47)37-44-43(45-38-41(48)35-32-29-26-23-20-17-14-11-8-5-2)46-39-42(49)36-33-30-27-24-21-18-15-12-9-6-3/h40-42,47-49H,4-39H2,1-3H3,(H2,44,45,46). The normalized spacial score (nSPS) is 13.3. The van der Waals surface area contributed by atoms with E-state index in [4.69, 9.17) is 0 Å². The fraction of sp³-hybridized carbons (Fsp3) is 0.977. The van der Waals surface area contributed by atoms with Gasteiger partial charge < -0.3 is 26.0 Å². The van der Waals surface area contributed by atoms with Crippen LogP contribution in [0.2, 0.25) is 0 Å². The molecule has 49 heavy (non-hydrogen) atoms. The average Bonchev–Trinajstić information content (AvgIpc) is 3.10. The molecule has 0 bridgehead atoms. The number of hydrogen-bond acceptors (Lipinski definition) is 4. The van der Waals surface area contributed by atoms with Gasteiger partial charge in [-0.1, -0.05) is 213 Å². The van der Waals surface area contributed by atoms with E-state index >= 15 is 0 Å². The summed E-state index contributed by atoms with van der Waals surface area (Å²) < 4.78 is 0. The predicted octanol–water partition coefficient (Wildman–Crippen LogP) is 11.5. The minimum absolute atomic E-state index is 0.343. The number of aliphatic hydroxyl groups is 3. The molecule has 3 atom stereocenters. The second kappa shape index (κ2) is 39.9. The van der Waals surface area contributed by atoms with Crippen molar-refractivity contribution in [1.82, 2.24) is 10.6 Å². The van der Waals surface area contributed by atoms with Crippen molar-refractivity contribution in [2.24, 2.45) is 4.99 Å². The summed E-state index contributed by atoms with van der Waals surface area (Å²) in [7, 11) is 0. The summed E-state index contributed by atoms with van der Waals surface area (Å²) in [4.78, 5) is 4.67. The van der Waals surface area contributed by atoms with Gasteiger partial charge in [-0.25, -0.2) is 0 Å². The van der Waals surface area contributed by atoms with Gasteiger partial charge in [-0.3, -0.25) is 4.99 Å². The summed E-state index contributed by atoms with van der Waals surface area (Å²) >= 11 is 0. The van der Waals surface area contributed by atoms with Crippen molar-refractivity contribution in [2.45, 2.75) is 251 Å². The van der Waals surface area contributed by atoms with E-state index in [2.05, 4.69) is 36.4 Å². The lowest BCUT2D eigenvalue weighted by Gasteiger charge is -2.18. The molecule has 294 valence electrons. The van der Waals surface area contributed by atoms with E-state index in [9.17, 15) is 15.3 Å². The van der Waals surface area contributed by atoms with Crippen LogP contribution >= 0.6 is 0 Å². The third kappa shape index (κ3) is 38.2. The second-order valence-electron chi connectivity index (χ2n) is 15.3. The van der Waals surface area contributed by atoms with Gasteiger partial charge in [0.05, 0.1) is 24.9 Å². The Morgan fingerprint density at radius 1 is 0.367 bits per heavy atom. The van der Waals surface area contributed by atoms with Gasteiger partial charge >= 0.3 is 0 Å². The highest BCUT2D eigenvalue weighted by atomic mass is 16.3. The zero-order valence-corrected chi connectivity index (χ0v) is 33.5. The Balaban J connectivity index is 4.39. The van der Waals surface area contributed by atoms with Gasteiger partial charge in [0.25, 0.3) is 0 Å². The first kappa shape index (κ1) is 48.1. The Labute approximate surface area is 306 Å². The van der Waals surface area contributed by atoms with Crippen molar-refractivity contribution in [1.29, 1.82) is 0 Å². The van der Waals surface area contributed by atoms with Crippen molar-refractivity contribution in [3.63, 3.8) is 0 Å². The SMILES string of the molecule is CCCCCCCCCCCCC(O)CN=C(NCC(O)CCCCCCCCCCCC)NCC(O)CCCCCCCCCCCC. The Morgan fingerprint density at radius 2 is 0.612 bits per heavy atom. The maximum atomic E-state index is 10.6. The van der Waals surface area contributed by atoms with E-state index in [1.54, 1.807) is 0 Å². The molecule has 0 fully saturated rings. The highest BCUT2D eigenvalue weighted by Gasteiger charge is 2.11. The molecular weight excluding hydrogens is 606 g/mol. The summed E-state index contributed by atoms with van der Waals surface area (Å²) in [5, 5.41) is 38.5. The average molecular weight is 696 g/mol. The molecule has 0 saturated heterocycles. The molecule has 0 aromatic heterocycles. The number of guanidine groups is 1. The molecule has 6 nitrogen and oxygen atoms in total. The summed E-state index contributed by atoms with van der Waals surface area (Å²) in [6, 6.07) is 0. The lowest BCUT2D eigenvalue weighted by Crippen LogP contribution is -2.44. The van der Waals surface area contributed by atoms with Gasteiger partial charge in [0, 0.05) is 13.1 Å². The molecule has 0 saturated carbocycles. The van der Waals surface area contributed by atoms with Crippen LogP contribution < -0.4 is 10.6 Å². The van der Waals surface area contributed by atoms with Crippen LogP contribution in [0.3, 0.4) is 0 Å². The first-order valence-corrected chi connectivity index (χ1v) is 22.1. The first-order valence-electron chi connectivity index (χ1n) is 22.1. The minimum Gasteiger partial charge on any atom is -0.391 e. The molecule has 6 heteroatoms. The van der Waals surface area contributed by atoms with Crippen LogP contribution in [0.1, 0.15) is 233 Å². The Kier molecular flexibility index (Phi) is 39.2. The van der Waals surface area contributed by atoms with Gasteiger partial charge in [-0.05, 0) is 19.3 Å². The highest BCUT2D eigenvalue weighted by molar-refractivity contribution is 5.79. The van der Waals surface area contributed by atoms with Crippen LogP contribution in [-0.4, -0.2) is 59.2 Å². The molecule has 0 heterocycles. The van der Waals surface area contributed by atoms with Crippen LogP contribution in [0.25, 0.3) is 0 Å². The van der Waals surface area contributed by atoms with E-state index in [1.165, 1.54) is 173 Å². The number of nitrogens with one attached hydrogen (secondary N) is 2. The number of hydrogen-bond donors (Lipinski definition) is 5. The number of aliphatic hydroxyl groups excluding tert-OH is 3. The molecule has 0 rings (SSSR count). The molecule has 0 aliphatic rings. The van der Waals surface area contributed by atoms with Gasteiger partial charge in [0.2, 0.25) is 0 Å². The molecule has 0 aromatic carbocycles. The fourth-order valence-electron chi connectivity index (χ4n) is 6.70. The molecule has 3 unspecified atom stereocenters. The van der Waals surface area contributed by atoms with Gasteiger partial charge in [0.1, 0.15) is 0 Å². The van der Waals surface area contributed by atoms with Crippen LogP contribution in [0.4, 0.5) is 0 Å². The molecule has 0 radical (unpaired) electrons. The number of nitrogens with zero attached hydrogens (tertiary/aromatic N) is 1. The third-order valence-corrected chi connectivity index (χ3v) is 10.1. The van der Waals surface area contributed by atoms with Gasteiger partial charge in [-0.15, -0.1) is 0 Å². The van der Waals surface area contributed by atoms with Crippen LogP contribution in [0, 0.1) is 0 Å². The van der Waals surface area contributed by atoms with E-state index in [-0.39, 0.29) is 0 Å². The zero-order chi connectivity index (χ0) is 35.9. The molecule has 5 N–H and O–H groups in total. The van der Waals surface area contributed by atoms with Crippen molar-refractivity contribution in [3.05, 3.63) is 0 Å². The van der Waals surface area contributed by atoms with Gasteiger partial charge in [0.15, 0.2) is 5.96 Å². The molecule has 0 amide bonds. The molecule has 0 aromatic rings. The lowest BCUT2D eigenvalue weighted by molar-refractivity contribution is 0.158. The quantitative estimate of drug-likeness (QED) is 0.0250. The van der Waals surface area contributed by atoms with Crippen molar-refractivity contribution >= 4 is 5.96 Å². The maximum Gasteiger partial charge on any atom is 0.191 e. The fourth-order valence-corrected chi connectivity index (χ4v) is 6.70. The van der Waals surface area contributed by atoms with E-state index in [1.807, 2.05) is 0 Å². The smallest absolute Gasteiger partial charge is 0.191 e. The Bertz CT molecular complexity index is 626. The topological polar surface area (TPSA) is 97.1 Å². The predicted molar refractivity (Wildman–Crippen MR) is 216 cm³/mol. The lowest BCUT2D eigenvalue weighted by atomic mass is 10.0. The summed E-state index contributed by atoms with van der Waals surface area (Å²) in [5.41, 5.74) is 0. The molecule has 0 spiro atoms. The summed E-state index contributed by atoms with van der Waals surface area (Å²) in [6.45, 7) is 8.02. The minimum atomic E-state index is -0.458. The molecular formula is C43H89N3O3. The second-order valence-corrected chi connectivity index (χ2v) is 15.3. The van der Waals surface area contributed by atoms with Crippen molar-refractivity contribution in [3.8, 4) is 0 Å². The van der Waals surface area contributed by atoms with E-state index in [0.717, 1.165) is 38.5 Å². The van der Waals surface area contributed by atoms with E-state index in [0.29, 0.717) is 25.6 Å². The highest BCUT2D eigenvalue weighted by Crippen LogP contribution is 2.14. The molecule has 0 aliphatic heterocycles. The monoisotopic (exact) mass is 696 g/mol. The zero-order valence-electron chi connectivity index (χ0n) is 33.5. The first-order chi connectivity index (χ1) is 24.0. The van der Waals surface area contributed by atoms with Crippen LogP contribution in [0.5, 0.6) is 0 Å². The van der Waals surface area contributed by atoms with E-state index < -0.39 is 18.3 Å². The number of unbranched alkanes of at least 4 members (excludes halogenated alkanes) is 27. The van der Waals surface area contributed by atoms with Crippen LogP contribution in [0.15, 0.2) is 4.99 Å². The Hall–Kier alpha value is -0.850. The van der Waals surface area contributed by atoms with Gasteiger partial charge in [-0.2, -0.15) is 0 Å². The summed E-state index contributed by atoms with van der Waals surface area (Å²) in [6.07, 6.45) is 39.9. The largest absolute Gasteiger partial charge is 0.391 e. The number of aliphatic imine (C=N–C) groups is 1. The maximum absolute atomic E-state index is 10.6. The Morgan fingerprint density at radius 3 is 0.898 bits per heavy atom. The summed E-state index contributed by atoms with van der Waals surface area (Å²) in [5.74, 6) is 0.589. The number of rotatable bonds is 39. The molecule has 0 aliphatic carbocycles. The van der Waals surface area contributed by atoms with Crippen molar-refractivity contribution < 1.29 is 15.3 Å².